The zero-order valence-electron chi connectivity index (χ0n) is 20.1. The molecule has 1 unspecified atom stereocenters. The number of aromatic nitrogens is 2. The Hall–Kier alpha value is -4.77. The SMILES string of the molecule is COc1cc2nccc(Oc3ccc([N+]4(C(N)=O)CCN(c5ccccn5)C4=O)cc3F)c2cc1OC. The summed E-state index contributed by atoms with van der Waals surface area (Å²) < 4.78 is 31.0. The number of carbonyl (C=O) groups is 2. The number of hydrogen-bond donors (Lipinski definition) is 1. The number of ether oxygens (including phenoxy) is 3. The number of nitrogens with two attached hydrogens (primary N) is 1. The number of quaternary nitrogens is 1. The minimum atomic E-state index is -0.919. The van der Waals surface area contributed by atoms with E-state index in [2.05, 4.69) is 9.97 Å². The molecule has 4 amide bonds. The van der Waals surface area contributed by atoms with Gasteiger partial charge in [-0.2, -0.15) is 0 Å². The molecule has 0 aliphatic carbocycles. The fourth-order valence-electron chi connectivity index (χ4n) is 4.41. The molecule has 0 radical (unpaired) electrons. The van der Waals surface area contributed by atoms with Crippen molar-refractivity contribution in [3.8, 4) is 23.0 Å². The molecule has 1 fully saturated rings. The van der Waals surface area contributed by atoms with Crippen LogP contribution in [0.5, 0.6) is 23.0 Å². The highest BCUT2D eigenvalue weighted by Gasteiger charge is 2.55. The minimum Gasteiger partial charge on any atom is -0.493 e. The van der Waals surface area contributed by atoms with Crippen molar-refractivity contribution in [2.75, 3.05) is 32.2 Å². The molecule has 10 nitrogen and oxygen atoms in total. The number of carbonyl (C=O) groups excluding carboxylic acids is 2. The summed E-state index contributed by atoms with van der Waals surface area (Å²) in [5, 5.41) is 0.574. The van der Waals surface area contributed by atoms with Crippen molar-refractivity contribution < 1.29 is 28.2 Å². The number of halogens is 1. The summed E-state index contributed by atoms with van der Waals surface area (Å²) in [4.78, 5) is 35.8. The number of primary amides is 1. The van der Waals surface area contributed by atoms with Crippen molar-refractivity contribution in [3.63, 3.8) is 0 Å². The fourth-order valence-corrected chi connectivity index (χ4v) is 4.41. The number of benzene rings is 2. The first-order valence-electron chi connectivity index (χ1n) is 11.3. The third kappa shape index (κ3) is 3.95. The largest absolute Gasteiger partial charge is 0.493 e. The highest BCUT2D eigenvalue weighted by molar-refractivity contribution is 6.14. The first-order valence-corrected chi connectivity index (χ1v) is 11.3. The summed E-state index contributed by atoms with van der Waals surface area (Å²) in [5.74, 6) is 0.778. The monoisotopic (exact) mass is 504 g/mol. The molecule has 2 N–H and O–H groups in total. The standard InChI is InChI=1S/C26H22FN5O5/c1-35-22-14-17-19(15-23(22)36-2)29-10-8-20(17)37-21-7-6-16(13-18(21)27)32(25(28)33)12-11-31(26(32)34)24-5-3-4-9-30-24/h3-10,13-15H,11-12H2,1-2H3,(H-,28,33)/p+1. The number of fused-ring (bicyclic) bond motifs is 1. The van der Waals surface area contributed by atoms with Gasteiger partial charge in [0.25, 0.3) is 0 Å². The molecule has 0 bridgehead atoms. The molecule has 1 saturated heterocycles. The van der Waals surface area contributed by atoms with Gasteiger partial charge in [0.15, 0.2) is 28.8 Å². The second-order valence-electron chi connectivity index (χ2n) is 8.24. The molecule has 11 heteroatoms. The lowest BCUT2D eigenvalue weighted by molar-refractivity contribution is 0.206. The van der Waals surface area contributed by atoms with E-state index in [0.29, 0.717) is 34.0 Å². The van der Waals surface area contributed by atoms with E-state index >= 15 is 4.39 Å². The number of methoxy groups -OCH3 is 2. The van der Waals surface area contributed by atoms with Crippen molar-refractivity contribution in [1.29, 1.82) is 0 Å². The number of urea groups is 2. The van der Waals surface area contributed by atoms with E-state index in [0.717, 1.165) is 6.07 Å². The van der Waals surface area contributed by atoms with Gasteiger partial charge >= 0.3 is 12.1 Å². The Morgan fingerprint density at radius 3 is 2.43 bits per heavy atom. The van der Waals surface area contributed by atoms with E-state index in [-0.39, 0.29) is 24.5 Å². The van der Waals surface area contributed by atoms with Gasteiger partial charge in [-0.25, -0.2) is 23.9 Å². The summed E-state index contributed by atoms with van der Waals surface area (Å²) in [7, 11) is 3.02. The Labute approximate surface area is 211 Å². The zero-order valence-corrected chi connectivity index (χ0v) is 20.1. The molecule has 4 aromatic rings. The van der Waals surface area contributed by atoms with Crippen molar-refractivity contribution in [2.45, 2.75) is 0 Å². The van der Waals surface area contributed by atoms with Crippen LogP contribution in [0, 0.1) is 5.82 Å². The third-order valence-corrected chi connectivity index (χ3v) is 6.30. The molecule has 188 valence electrons. The van der Waals surface area contributed by atoms with Crippen molar-refractivity contribution in [2.24, 2.45) is 5.73 Å². The van der Waals surface area contributed by atoms with Gasteiger partial charge < -0.3 is 19.9 Å². The van der Waals surface area contributed by atoms with E-state index in [1.54, 1.807) is 42.6 Å². The summed E-state index contributed by atoms with van der Waals surface area (Å²) in [6.45, 7) is 0.216. The molecular formula is C26H23FN5O5+. The molecule has 0 spiro atoms. The molecule has 2 aromatic carbocycles. The number of anilines is 1. The van der Waals surface area contributed by atoms with E-state index in [4.69, 9.17) is 19.9 Å². The van der Waals surface area contributed by atoms with Gasteiger partial charge in [0.05, 0.1) is 26.3 Å². The predicted molar refractivity (Wildman–Crippen MR) is 135 cm³/mol. The van der Waals surface area contributed by atoms with Crippen LogP contribution in [-0.4, -0.2) is 49.3 Å². The molecule has 1 atom stereocenters. The highest BCUT2D eigenvalue weighted by Crippen LogP contribution is 2.39. The molecule has 37 heavy (non-hydrogen) atoms. The Kier molecular flexibility index (Phi) is 6.06. The van der Waals surface area contributed by atoms with Gasteiger partial charge in [-0.1, -0.05) is 6.07 Å². The maximum atomic E-state index is 15.3. The van der Waals surface area contributed by atoms with E-state index < -0.39 is 22.4 Å². The van der Waals surface area contributed by atoms with Crippen LogP contribution in [0.4, 0.5) is 25.5 Å². The van der Waals surface area contributed by atoms with Gasteiger partial charge in [0, 0.05) is 36.0 Å². The lowest BCUT2D eigenvalue weighted by Gasteiger charge is -2.25. The average Bonchev–Trinajstić information content (AvgIpc) is 3.27. The Bertz CT molecular complexity index is 1520. The number of amides is 4. The predicted octanol–water partition coefficient (Wildman–Crippen LogP) is 4.60. The molecule has 0 saturated carbocycles. The molecule has 1 aliphatic heterocycles. The maximum absolute atomic E-state index is 15.3. The number of rotatable bonds is 6. The molecule has 1 aliphatic rings. The molecule has 5 rings (SSSR count). The number of hydrogen-bond acceptors (Lipinski definition) is 7. The van der Waals surface area contributed by atoms with Crippen LogP contribution in [-0.2, 0) is 0 Å². The number of nitrogens with zero attached hydrogens (tertiary/aromatic N) is 4. The summed E-state index contributed by atoms with van der Waals surface area (Å²) in [6.07, 6.45) is 3.07. The second-order valence-corrected chi connectivity index (χ2v) is 8.24. The van der Waals surface area contributed by atoms with Gasteiger partial charge in [0.1, 0.15) is 18.1 Å². The normalized spacial score (nSPS) is 17.2. The van der Waals surface area contributed by atoms with Crippen molar-refractivity contribution in [1.82, 2.24) is 14.5 Å². The first-order chi connectivity index (χ1) is 17.9. The van der Waals surface area contributed by atoms with Crippen molar-refractivity contribution in [3.05, 3.63) is 72.8 Å². The molecular weight excluding hydrogens is 481 g/mol. The minimum absolute atomic E-state index is 0.0288. The van der Waals surface area contributed by atoms with E-state index in [1.807, 2.05) is 0 Å². The zero-order chi connectivity index (χ0) is 26.2. The van der Waals surface area contributed by atoms with Crippen LogP contribution < -0.4 is 29.3 Å². The van der Waals surface area contributed by atoms with Crippen LogP contribution in [0.2, 0.25) is 0 Å². The fraction of sp³-hybridized carbons (Fsp3) is 0.154. The first kappa shape index (κ1) is 23.9. The maximum Gasteiger partial charge on any atom is 0.439 e. The summed E-state index contributed by atoms with van der Waals surface area (Å²) in [6, 6.07) is 12.4. The lowest BCUT2D eigenvalue weighted by Crippen LogP contribution is -2.59. The Morgan fingerprint density at radius 1 is 0.973 bits per heavy atom. The second kappa shape index (κ2) is 9.36. The number of pyridine rings is 2. The van der Waals surface area contributed by atoms with Crippen LogP contribution in [0.15, 0.2) is 67.0 Å². The quantitative estimate of drug-likeness (QED) is 0.381. The van der Waals surface area contributed by atoms with Crippen LogP contribution in [0.1, 0.15) is 0 Å². The van der Waals surface area contributed by atoms with Crippen LogP contribution in [0.3, 0.4) is 0 Å². The highest BCUT2D eigenvalue weighted by atomic mass is 19.1. The van der Waals surface area contributed by atoms with Crippen LogP contribution in [0.25, 0.3) is 10.9 Å². The number of imide groups is 1. The smallest absolute Gasteiger partial charge is 0.439 e. The Balaban J connectivity index is 1.50. The lowest BCUT2D eigenvalue weighted by atomic mass is 10.1. The van der Waals surface area contributed by atoms with Crippen molar-refractivity contribution >= 4 is 34.5 Å². The Morgan fingerprint density at radius 2 is 1.76 bits per heavy atom. The molecule has 2 aromatic heterocycles. The molecule has 3 heterocycles. The van der Waals surface area contributed by atoms with Gasteiger partial charge in [0.2, 0.25) is 0 Å². The average molecular weight is 504 g/mol. The third-order valence-electron chi connectivity index (χ3n) is 6.30. The van der Waals surface area contributed by atoms with E-state index in [9.17, 15) is 9.59 Å². The van der Waals surface area contributed by atoms with Crippen LogP contribution >= 0.6 is 0 Å². The summed E-state index contributed by atoms with van der Waals surface area (Å²) >= 11 is 0. The van der Waals surface area contributed by atoms with Gasteiger partial charge in [-0.15, -0.1) is 4.48 Å². The van der Waals surface area contributed by atoms with E-state index in [1.165, 1.54) is 37.4 Å². The topological polar surface area (TPSA) is 117 Å². The van der Waals surface area contributed by atoms with Gasteiger partial charge in [-0.3, -0.25) is 4.98 Å². The summed E-state index contributed by atoms with van der Waals surface area (Å²) in [5.41, 5.74) is 6.35. The van der Waals surface area contributed by atoms with Gasteiger partial charge in [-0.05, 0) is 30.3 Å².